The van der Waals surface area contributed by atoms with Crippen molar-refractivity contribution in [1.82, 2.24) is 5.43 Å². The van der Waals surface area contributed by atoms with E-state index in [2.05, 4.69) is 21.4 Å². The van der Waals surface area contributed by atoms with Crippen LogP contribution in [0.15, 0.2) is 46.9 Å². The third kappa shape index (κ3) is 3.76. The Morgan fingerprint density at radius 1 is 1.26 bits per heavy atom. The first kappa shape index (κ1) is 14.5. The molecule has 19 heavy (non-hydrogen) atoms. The van der Waals surface area contributed by atoms with Crippen molar-refractivity contribution in [3.8, 4) is 0 Å². The van der Waals surface area contributed by atoms with E-state index in [1.165, 1.54) is 12.1 Å². The van der Waals surface area contributed by atoms with Gasteiger partial charge >= 0.3 is 0 Å². The fourth-order valence-corrected chi connectivity index (χ4v) is 2.56. The van der Waals surface area contributed by atoms with Crippen molar-refractivity contribution in [3.05, 3.63) is 68.9 Å². The molecule has 2 aromatic rings. The minimum atomic E-state index is -0.339. The van der Waals surface area contributed by atoms with Crippen LogP contribution in [0.3, 0.4) is 0 Å². The number of hydrazine groups is 1. The second-order valence-electron chi connectivity index (χ2n) is 4.21. The fourth-order valence-electron chi connectivity index (χ4n) is 1.90. The van der Waals surface area contributed by atoms with Crippen LogP contribution in [0.1, 0.15) is 17.2 Å². The molecule has 0 fully saturated rings. The van der Waals surface area contributed by atoms with Gasteiger partial charge in [-0.2, -0.15) is 0 Å². The highest BCUT2D eigenvalue weighted by molar-refractivity contribution is 9.10. The lowest BCUT2D eigenvalue weighted by Gasteiger charge is -2.17. The molecule has 0 saturated carbocycles. The predicted octanol–water partition coefficient (Wildman–Crippen LogP) is 3.99. The SMILES string of the molecule is NNC(Cc1ccc(F)cc1Cl)c1cccc(Br)c1. The molecular weight excluding hydrogens is 331 g/mol. The zero-order valence-electron chi connectivity index (χ0n) is 10.0. The van der Waals surface area contributed by atoms with Crippen LogP contribution in [-0.2, 0) is 6.42 Å². The molecule has 0 radical (unpaired) electrons. The van der Waals surface area contributed by atoms with E-state index in [-0.39, 0.29) is 11.9 Å². The largest absolute Gasteiger partial charge is 0.271 e. The topological polar surface area (TPSA) is 38.0 Å². The molecule has 0 aliphatic rings. The standard InChI is InChI=1S/C14H13BrClFN2/c15-11-3-1-2-10(6-11)14(19-18)7-9-4-5-12(17)8-13(9)16/h1-6,8,14,19H,7,18H2. The van der Waals surface area contributed by atoms with Crippen molar-refractivity contribution in [2.75, 3.05) is 0 Å². The summed E-state index contributed by atoms with van der Waals surface area (Å²) in [5.41, 5.74) is 4.65. The van der Waals surface area contributed by atoms with E-state index in [4.69, 9.17) is 17.4 Å². The third-order valence-electron chi connectivity index (χ3n) is 2.89. The second-order valence-corrected chi connectivity index (χ2v) is 5.54. The Balaban J connectivity index is 2.24. The number of halogens is 3. The molecule has 5 heteroatoms. The number of hydrogen-bond acceptors (Lipinski definition) is 2. The van der Waals surface area contributed by atoms with Gasteiger partial charge in [0.1, 0.15) is 5.82 Å². The number of hydrogen-bond donors (Lipinski definition) is 2. The summed E-state index contributed by atoms with van der Waals surface area (Å²) < 4.78 is 14.0. The van der Waals surface area contributed by atoms with Crippen LogP contribution in [0, 0.1) is 5.82 Å². The molecular formula is C14H13BrClFN2. The average Bonchev–Trinajstić information content (AvgIpc) is 2.38. The summed E-state index contributed by atoms with van der Waals surface area (Å²) in [4.78, 5) is 0. The lowest BCUT2D eigenvalue weighted by atomic mass is 9.99. The first-order valence-corrected chi connectivity index (χ1v) is 6.93. The first-order chi connectivity index (χ1) is 9.10. The maximum atomic E-state index is 13.0. The molecule has 0 aliphatic carbocycles. The molecule has 0 heterocycles. The van der Waals surface area contributed by atoms with Crippen molar-refractivity contribution in [1.29, 1.82) is 0 Å². The number of nitrogens with one attached hydrogen (secondary N) is 1. The van der Waals surface area contributed by atoms with Crippen LogP contribution in [0.25, 0.3) is 0 Å². The van der Waals surface area contributed by atoms with Gasteiger partial charge in [-0.1, -0.05) is 45.7 Å². The van der Waals surface area contributed by atoms with E-state index in [9.17, 15) is 4.39 Å². The Bertz CT molecular complexity index is 577. The Labute approximate surface area is 124 Å². The maximum absolute atomic E-state index is 13.0. The quantitative estimate of drug-likeness (QED) is 0.651. The van der Waals surface area contributed by atoms with Crippen molar-refractivity contribution >= 4 is 27.5 Å². The van der Waals surface area contributed by atoms with Crippen molar-refractivity contribution < 1.29 is 4.39 Å². The van der Waals surface area contributed by atoms with Crippen LogP contribution in [0.5, 0.6) is 0 Å². The zero-order chi connectivity index (χ0) is 13.8. The predicted molar refractivity (Wildman–Crippen MR) is 79.3 cm³/mol. The molecule has 0 saturated heterocycles. The van der Waals surface area contributed by atoms with Gasteiger partial charge in [-0.25, -0.2) is 4.39 Å². The normalized spacial score (nSPS) is 12.4. The third-order valence-corrected chi connectivity index (χ3v) is 3.74. The highest BCUT2D eigenvalue weighted by Crippen LogP contribution is 2.25. The van der Waals surface area contributed by atoms with Gasteiger partial charge < -0.3 is 0 Å². The molecule has 100 valence electrons. The van der Waals surface area contributed by atoms with Crippen LogP contribution in [-0.4, -0.2) is 0 Å². The fraction of sp³-hybridized carbons (Fsp3) is 0.143. The molecule has 2 nitrogen and oxygen atoms in total. The van der Waals surface area contributed by atoms with Gasteiger partial charge in [-0.3, -0.25) is 11.3 Å². The Morgan fingerprint density at radius 3 is 2.68 bits per heavy atom. The summed E-state index contributed by atoms with van der Waals surface area (Å²) in [5.74, 6) is 5.26. The van der Waals surface area contributed by atoms with Crippen LogP contribution < -0.4 is 11.3 Å². The highest BCUT2D eigenvalue weighted by atomic mass is 79.9. The Morgan fingerprint density at radius 2 is 2.05 bits per heavy atom. The summed E-state index contributed by atoms with van der Waals surface area (Å²) in [6, 6.07) is 12.2. The lowest BCUT2D eigenvalue weighted by molar-refractivity contribution is 0.550. The van der Waals surface area contributed by atoms with Crippen molar-refractivity contribution in [2.45, 2.75) is 12.5 Å². The molecule has 0 aromatic heterocycles. The molecule has 1 atom stereocenters. The van der Waals surface area contributed by atoms with E-state index in [1.54, 1.807) is 6.07 Å². The number of rotatable bonds is 4. The number of nitrogens with two attached hydrogens (primary N) is 1. The van der Waals surface area contributed by atoms with Gasteiger partial charge in [-0.05, 0) is 41.8 Å². The zero-order valence-corrected chi connectivity index (χ0v) is 12.4. The van der Waals surface area contributed by atoms with Crippen molar-refractivity contribution in [3.63, 3.8) is 0 Å². The van der Waals surface area contributed by atoms with E-state index in [0.717, 1.165) is 15.6 Å². The second kappa shape index (κ2) is 6.48. The van der Waals surface area contributed by atoms with E-state index in [0.29, 0.717) is 11.4 Å². The van der Waals surface area contributed by atoms with E-state index >= 15 is 0 Å². The maximum Gasteiger partial charge on any atom is 0.124 e. The van der Waals surface area contributed by atoms with Gasteiger partial charge in [0, 0.05) is 9.50 Å². The summed E-state index contributed by atoms with van der Waals surface area (Å²) in [5, 5.41) is 0.412. The average molecular weight is 344 g/mol. The van der Waals surface area contributed by atoms with Crippen molar-refractivity contribution in [2.24, 2.45) is 5.84 Å². The van der Waals surface area contributed by atoms with E-state index < -0.39 is 0 Å². The van der Waals surface area contributed by atoms with Crippen LogP contribution in [0.2, 0.25) is 5.02 Å². The summed E-state index contributed by atoms with van der Waals surface area (Å²) >= 11 is 9.46. The minimum absolute atomic E-state index is 0.0829. The monoisotopic (exact) mass is 342 g/mol. The highest BCUT2D eigenvalue weighted by Gasteiger charge is 2.13. The molecule has 1 unspecified atom stereocenters. The Kier molecular flexibility index (Phi) is 4.93. The van der Waals surface area contributed by atoms with Gasteiger partial charge in [0.15, 0.2) is 0 Å². The van der Waals surface area contributed by atoms with Gasteiger partial charge in [0.05, 0.1) is 6.04 Å². The summed E-state index contributed by atoms with van der Waals surface area (Å²) in [7, 11) is 0. The Hall–Kier alpha value is -0.940. The molecule has 0 bridgehead atoms. The molecule has 0 aliphatic heterocycles. The molecule has 0 spiro atoms. The lowest BCUT2D eigenvalue weighted by Crippen LogP contribution is -2.29. The first-order valence-electron chi connectivity index (χ1n) is 5.75. The van der Waals surface area contributed by atoms with Gasteiger partial charge in [0.25, 0.3) is 0 Å². The van der Waals surface area contributed by atoms with Gasteiger partial charge in [0.2, 0.25) is 0 Å². The van der Waals surface area contributed by atoms with Crippen LogP contribution >= 0.6 is 27.5 Å². The smallest absolute Gasteiger partial charge is 0.124 e. The summed E-state index contributed by atoms with van der Waals surface area (Å²) in [6.07, 6.45) is 0.589. The molecule has 0 amide bonds. The van der Waals surface area contributed by atoms with Gasteiger partial charge in [-0.15, -0.1) is 0 Å². The minimum Gasteiger partial charge on any atom is -0.271 e. The molecule has 2 aromatic carbocycles. The molecule has 2 rings (SSSR count). The number of benzene rings is 2. The van der Waals surface area contributed by atoms with E-state index in [1.807, 2.05) is 24.3 Å². The molecule has 3 N–H and O–H groups in total. The summed E-state index contributed by atoms with van der Waals surface area (Å²) in [6.45, 7) is 0. The van der Waals surface area contributed by atoms with Crippen LogP contribution in [0.4, 0.5) is 4.39 Å².